The number of carbonyl (C=O) groups excluding carboxylic acids is 1. The molecule has 0 spiro atoms. The van der Waals surface area contributed by atoms with E-state index < -0.39 is 5.97 Å². The van der Waals surface area contributed by atoms with E-state index in [2.05, 4.69) is 4.98 Å². The lowest BCUT2D eigenvalue weighted by molar-refractivity contribution is -0.136. The molecule has 2 aromatic rings. The van der Waals surface area contributed by atoms with Crippen LogP contribution in [0.4, 0.5) is 0 Å². The van der Waals surface area contributed by atoms with E-state index in [1.54, 1.807) is 18.2 Å². The molecule has 4 nitrogen and oxygen atoms in total. The highest BCUT2D eigenvalue weighted by Gasteiger charge is 2.06. The topological polar surface area (TPSA) is 67.3 Å². The van der Waals surface area contributed by atoms with E-state index >= 15 is 0 Å². The number of nitrogens with zero attached hydrogens (tertiary/aromatic N) is 1. The Kier molecular flexibility index (Phi) is 5.11. The van der Waals surface area contributed by atoms with E-state index in [-0.39, 0.29) is 6.42 Å². The maximum Gasteiger partial charge on any atom is 0.307 e. The number of pyridine rings is 1. The van der Waals surface area contributed by atoms with Crippen molar-refractivity contribution in [2.45, 2.75) is 29.7 Å². The first kappa shape index (κ1) is 15.3. The van der Waals surface area contributed by atoms with Gasteiger partial charge in [0, 0.05) is 10.5 Å². The van der Waals surface area contributed by atoms with Gasteiger partial charge in [-0.15, -0.1) is 0 Å². The summed E-state index contributed by atoms with van der Waals surface area (Å²) in [5.74, 6) is -0.839. The van der Waals surface area contributed by atoms with Gasteiger partial charge in [0.1, 0.15) is 5.03 Å². The predicted octanol–water partition coefficient (Wildman–Crippen LogP) is 3.23. The molecule has 5 heteroatoms. The van der Waals surface area contributed by atoms with E-state index in [1.807, 2.05) is 25.1 Å². The third kappa shape index (κ3) is 4.16. The summed E-state index contributed by atoms with van der Waals surface area (Å²) in [6.45, 7) is 1.96. The molecule has 0 aliphatic rings. The van der Waals surface area contributed by atoms with Crippen LogP contribution in [0.25, 0.3) is 0 Å². The smallest absolute Gasteiger partial charge is 0.307 e. The van der Waals surface area contributed by atoms with Gasteiger partial charge in [-0.25, -0.2) is 4.98 Å². The molecule has 0 saturated heterocycles. The molecule has 2 rings (SSSR count). The van der Waals surface area contributed by atoms with Crippen LogP contribution >= 0.6 is 11.8 Å². The van der Waals surface area contributed by atoms with Gasteiger partial charge >= 0.3 is 5.97 Å². The van der Waals surface area contributed by atoms with Gasteiger partial charge in [0.25, 0.3) is 0 Å². The molecule has 0 aliphatic heterocycles. The second-order valence-electron chi connectivity index (χ2n) is 4.47. The Balaban J connectivity index is 2.14. The van der Waals surface area contributed by atoms with Crippen LogP contribution in [0.2, 0.25) is 0 Å². The number of aldehydes is 1. The molecule has 0 radical (unpaired) electrons. The molecular weight excluding hydrogens is 286 g/mol. The summed E-state index contributed by atoms with van der Waals surface area (Å²) in [4.78, 5) is 27.0. The van der Waals surface area contributed by atoms with Crippen molar-refractivity contribution in [3.8, 4) is 0 Å². The number of carboxylic acid groups (broad SMARTS) is 1. The highest BCUT2D eigenvalue weighted by molar-refractivity contribution is 7.99. The molecule has 0 unspecified atom stereocenters. The molecule has 1 N–H and O–H groups in total. The van der Waals surface area contributed by atoms with Gasteiger partial charge in [-0.3, -0.25) is 9.59 Å². The third-order valence-corrected chi connectivity index (χ3v) is 3.89. The first-order valence-electron chi connectivity index (χ1n) is 6.56. The number of aryl methyl sites for hydroxylation is 1. The number of aromatic nitrogens is 1. The molecule has 1 aromatic heterocycles. The number of carboxylic acids is 1. The lowest BCUT2D eigenvalue weighted by Gasteiger charge is -2.06. The van der Waals surface area contributed by atoms with E-state index in [0.29, 0.717) is 12.0 Å². The van der Waals surface area contributed by atoms with Crippen molar-refractivity contribution < 1.29 is 14.7 Å². The summed E-state index contributed by atoms with van der Waals surface area (Å²) in [6.07, 6.45) is 1.55. The minimum Gasteiger partial charge on any atom is -0.481 e. The quantitative estimate of drug-likeness (QED) is 0.830. The molecule has 0 atom stereocenters. The Hall–Kier alpha value is -2.14. The van der Waals surface area contributed by atoms with Gasteiger partial charge in [-0.1, -0.05) is 30.8 Å². The summed E-state index contributed by atoms with van der Waals surface area (Å²) >= 11 is 1.49. The van der Waals surface area contributed by atoms with Crippen molar-refractivity contribution in [2.75, 3.05) is 0 Å². The SMILES string of the molecule is CCc1nc(Sc2ccc(CC(=O)O)cc2)ccc1C=O. The second kappa shape index (κ2) is 7.04. The summed E-state index contributed by atoms with van der Waals surface area (Å²) in [7, 11) is 0. The maximum absolute atomic E-state index is 10.9. The minimum absolute atomic E-state index is 0.0250. The van der Waals surface area contributed by atoms with Crippen LogP contribution in [0.5, 0.6) is 0 Å². The normalized spacial score (nSPS) is 10.3. The molecule has 0 saturated carbocycles. The minimum atomic E-state index is -0.839. The number of rotatable bonds is 6. The summed E-state index contributed by atoms with van der Waals surface area (Å²) < 4.78 is 0. The lowest BCUT2D eigenvalue weighted by Crippen LogP contribution is -1.99. The monoisotopic (exact) mass is 301 g/mol. The van der Waals surface area contributed by atoms with Crippen LogP contribution in [0.15, 0.2) is 46.3 Å². The first-order chi connectivity index (χ1) is 10.1. The Bertz CT molecular complexity index is 653. The number of carbonyl (C=O) groups is 2. The van der Waals surface area contributed by atoms with Gasteiger partial charge in [-0.05, 0) is 36.2 Å². The average molecular weight is 301 g/mol. The van der Waals surface area contributed by atoms with Gasteiger partial charge in [0.15, 0.2) is 6.29 Å². The van der Waals surface area contributed by atoms with Gasteiger partial charge < -0.3 is 5.11 Å². The van der Waals surface area contributed by atoms with Crippen molar-refractivity contribution in [3.05, 3.63) is 53.2 Å². The Morgan fingerprint density at radius 3 is 2.52 bits per heavy atom. The molecule has 1 heterocycles. The van der Waals surface area contributed by atoms with Gasteiger partial charge in [-0.2, -0.15) is 0 Å². The van der Waals surface area contributed by atoms with Crippen molar-refractivity contribution in [2.24, 2.45) is 0 Å². The highest BCUT2D eigenvalue weighted by atomic mass is 32.2. The average Bonchev–Trinajstić information content (AvgIpc) is 2.48. The molecule has 0 bridgehead atoms. The van der Waals surface area contributed by atoms with Crippen molar-refractivity contribution in [1.82, 2.24) is 4.98 Å². The summed E-state index contributed by atoms with van der Waals surface area (Å²) in [5, 5.41) is 9.56. The zero-order chi connectivity index (χ0) is 15.2. The zero-order valence-electron chi connectivity index (χ0n) is 11.6. The summed E-state index contributed by atoms with van der Waals surface area (Å²) in [5.41, 5.74) is 2.18. The Labute approximate surface area is 127 Å². The maximum atomic E-state index is 10.9. The van der Waals surface area contributed by atoms with Crippen LogP contribution < -0.4 is 0 Å². The fourth-order valence-corrected chi connectivity index (χ4v) is 2.72. The van der Waals surface area contributed by atoms with Gasteiger partial charge in [0.05, 0.1) is 12.1 Å². The van der Waals surface area contributed by atoms with Crippen LogP contribution in [0.3, 0.4) is 0 Å². The number of aliphatic carboxylic acids is 1. The molecule has 1 aromatic carbocycles. The van der Waals surface area contributed by atoms with E-state index in [4.69, 9.17) is 5.11 Å². The fourth-order valence-electron chi connectivity index (χ4n) is 1.91. The van der Waals surface area contributed by atoms with E-state index in [0.717, 1.165) is 27.5 Å². The molecule has 21 heavy (non-hydrogen) atoms. The van der Waals surface area contributed by atoms with E-state index in [1.165, 1.54) is 11.8 Å². The zero-order valence-corrected chi connectivity index (χ0v) is 12.4. The molecule has 0 fully saturated rings. The third-order valence-electron chi connectivity index (χ3n) is 2.95. The molecule has 0 aliphatic carbocycles. The first-order valence-corrected chi connectivity index (χ1v) is 7.37. The van der Waals surface area contributed by atoms with Gasteiger partial charge in [0.2, 0.25) is 0 Å². The fraction of sp³-hybridized carbons (Fsp3) is 0.188. The summed E-state index contributed by atoms with van der Waals surface area (Å²) in [6, 6.07) is 11.0. The Morgan fingerprint density at radius 1 is 1.24 bits per heavy atom. The number of hydrogen-bond donors (Lipinski definition) is 1. The van der Waals surface area contributed by atoms with Crippen LogP contribution in [0.1, 0.15) is 28.5 Å². The number of hydrogen-bond acceptors (Lipinski definition) is 4. The Morgan fingerprint density at radius 2 is 1.95 bits per heavy atom. The largest absolute Gasteiger partial charge is 0.481 e. The molecule has 108 valence electrons. The molecule has 0 amide bonds. The highest BCUT2D eigenvalue weighted by Crippen LogP contribution is 2.27. The van der Waals surface area contributed by atoms with Crippen molar-refractivity contribution in [1.29, 1.82) is 0 Å². The van der Waals surface area contributed by atoms with Crippen LogP contribution in [-0.4, -0.2) is 22.3 Å². The van der Waals surface area contributed by atoms with Crippen LogP contribution in [0, 0.1) is 0 Å². The predicted molar refractivity (Wildman–Crippen MR) is 80.9 cm³/mol. The lowest BCUT2D eigenvalue weighted by atomic mass is 10.2. The van der Waals surface area contributed by atoms with E-state index in [9.17, 15) is 9.59 Å². The van der Waals surface area contributed by atoms with Crippen molar-refractivity contribution in [3.63, 3.8) is 0 Å². The molecular formula is C16H15NO3S. The second-order valence-corrected chi connectivity index (χ2v) is 5.57. The van der Waals surface area contributed by atoms with Crippen molar-refractivity contribution >= 4 is 24.0 Å². The van der Waals surface area contributed by atoms with Crippen LogP contribution in [-0.2, 0) is 17.6 Å². The standard InChI is InChI=1S/C16H15NO3S/c1-2-14-12(10-18)5-8-15(17-14)21-13-6-3-11(4-7-13)9-16(19)20/h3-8,10H,2,9H2,1H3,(H,19,20). The number of benzene rings is 1.